The van der Waals surface area contributed by atoms with Gasteiger partial charge in [0.25, 0.3) is 11.8 Å². The second-order valence-electron chi connectivity index (χ2n) is 7.89. The quantitative estimate of drug-likeness (QED) is 0.498. The Balaban J connectivity index is 1.58. The zero-order chi connectivity index (χ0) is 20.6. The Morgan fingerprint density at radius 1 is 1.03 bits per heavy atom. The van der Waals surface area contributed by atoms with Gasteiger partial charge in [-0.1, -0.05) is 56.3 Å². The van der Waals surface area contributed by atoms with Gasteiger partial charge in [0.1, 0.15) is 0 Å². The lowest BCUT2D eigenvalue weighted by molar-refractivity contribution is 0.0689. The first kappa shape index (κ1) is 19.4. The predicted molar refractivity (Wildman–Crippen MR) is 113 cm³/mol. The number of rotatable bonds is 3. The largest absolute Gasteiger partial charge is 0.333 e. The summed E-state index contributed by atoms with van der Waals surface area (Å²) < 4.78 is 0. The Morgan fingerprint density at radius 2 is 1.69 bits per heavy atom. The number of hydrogen-bond donors (Lipinski definition) is 2. The molecule has 0 aliphatic carbocycles. The van der Waals surface area contributed by atoms with Crippen molar-refractivity contribution in [2.75, 3.05) is 6.54 Å². The van der Waals surface area contributed by atoms with Gasteiger partial charge in [0, 0.05) is 28.9 Å². The number of benzene rings is 2. The molecule has 148 valence electrons. The number of nitrogens with zero attached hydrogens (tertiary/aromatic N) is 1. The normalized spacial score (nSPS) is 14.9. The molecule has 29 heavy (non-hydrogen) atoms. The first-order valence-electron chi connectivity index (χ1n) is 9.41. The molecule has 0 fully saturated rings. The summed E-state index contributed by atoms with van der Waals surface area (Å²) in [6.45, 7) is 5.16. The van der Waals surface area contributed by atoms with Crippen LogP contribution in [-0.4, -0.2) is 28.5 Å². The molecule has 0 radical (unpaired) electrons. The van der Waals surface area contributed by atoms with Gasteiger partial charge >= 0.3 is 0 Å². The second-order valence-corrected chi connectivity index (χ2v) is 8.95. The molecule has 5 nitrogen and oxygen atoms in total. The van der Waals surface area contributed by atoms with Gasteiger partial charge in [0.2, 0.25) is 0 Å². The van der Waals surface area contributed by atoms with E-state index >= 15 is 0 Å². The van der Waals surface area contributed by atoms with Crippen LogP contribution in [0.25, 0.3) is 11.1 Å². The lowest BCUT2D eigenvalue weighted by Crippen LogP contribution is -2.44. The fraction of sp³-hybridized carbons (Fsp3) is 0.217. The van der Waals surface area contributed by atoms with Crippen molar-refractivity contribution >= 4 is 23.2 Å². The monoisotopic (exact) mass is 406 g/mol. The minimum absolute atomic E-state index is 0.0253. The third-order valence-corrected chi connectivity index (χ3v) is 6.76. The fourth-order valence-corrected chi connectivity index (χ4v) is 5.01. The van der Waals surface area contributed by atoms with Crippen LogP contribution in [0.5, 0.6) is 0 Å². The molecule has 2 amide bonds. The molecule has 0 spiro atoms. The van der Waals surface area contributed by atoms with Crippen molar-refractivity contribution in [1.29, 1.82) is 0 Å². The smallest absolute Gasteiger partial charge is 0.284 e. The van der Waals surface area contributed by atoms with E-state index in [-0.39, 0.29) is 11.3 Å². The summed E-state index contributed by atoms with van der Waals surface area (Å²) in [7, 11) is 0. The van der Waals surface area contributed by atoms with Crippen LogP contribution < -0.4 is 5.48 Å². The Labute approximate surface area is 173 Å². The third-order valence-electron chi connectivity index (χ3n) is 5.22. The molecule has 0 saturated carbocycles. The summed E-state index contributed by atoms with van der Waals surface area (Å²) in [5.74, 6) is -0.544. The number of hydroxylamine groups is 1. The molecule has 1 aliphatic rings. The maximum atomic E-state index is 13.2. The molecule has 1 aliphatic heterocycles. The average molecular weight is 407 g/mol. The number of hydrogen-bond acceptors (Lipinski definition) is 4. The van der Waals surface area contributed by atoms with E-state index in [1.165, 1.54) is 11.3 Å². The van der Waals surface area contributed by atoms with Gasteiger partial charge < -0.3 is 4.90 Å². The topological polar surface area (TPSA) is 69.6 Å². The van der Waals surface area contributed by atoms with Crippen molar-refractivity contribution in [2.45, 2.75) is 25.8 Å². The summed E-state index contributed by atoms with van der Waals surface area (Å²) in [5.41, 5.74) is 5.20. The highest BCUT2D eigenvalue weighted by molar-refractivity contribution is 7.14. The van der Waals surface area contributed by atoms with E-state index in [1.807, 2.05) is 59.5 Å². The lowest BCUT2D eigenvalue weighted by Gasteiger charge is -2.38. The molecule has 0 saturated heterocycles. The van der Waals surface area contributed by atoms with Crippen molar-refractivity contribution in [1.82, 2.24) is 10.4 Å². The molecule has 0 unspecified atom stereocenters. The first-order chi connectivity index (χ1) is 13.9. The van der Waals surface area contributed by atoms with Crippen LogP contribution in [0.1, 0.15) is 44.3 Å². The van der Waals surface area contributed by atoms with Crippen molar-refractivity contribution in [3.63, 3.8) is 0 Å². The molecular formula is C23H22N2O3S. The fourth-order valence-electron chi connectivity index (χ4n) is 3.86. The van der Waals surface area contributed by atoms with Crippen LogP contribution in [-0.2, 0) is 12.0 Å². The van der Waals surface area contributed by atoms with E-state index < -0.39 is 5.91 Å². The van der Waals surface area contributed by atoms with Gasteiger partial charge in [-0.2, -0.15) is 0 Å². The molecule has 2 aromatic carbocycles. The summed E-state index contributed by atoms with van der Waals surface area (Å²) in [6, 6.07) is 19.5. The molecular weight excluding hydrogens is 384 g/mol. The number of fused-ring (bicyclic) bond motifs is 1. The van der Waals surface area contributed by atoms with Gasteiger partial charge in [0.05, 0.1) is 4.88 Å². The molecule has 6 heteroatoms. The van der Waals surface area contributed by atoms with E-state index in [1.54, 1.807) is 11.5 Å². The second kappa shape index (κ2) is 7.46. The number of thiophene rings is 1. The Morgan fingerprint density at radius 3 is 2.34 bits per heavy atom. The number of nitrogens with one attached hydrogen (secondary N) is 1. The molecule has 2 heterocycles. The van der Waals surface area contributed by atoms with Gasteiger partial charge in [0.15, 0.2) is 0 Å². The lowest BCUT2D eigenvalue weighted by atomic mass is 9.85. The SMILES string of the molecule is CC1(C)CN(C(=O)c2ccc(-c3ccccc3)cc2)Cc2cc(C(=O)NO)sc21. The van der Waals surface area contributed by atoms with Crippen LogP contribution in [0.4, 0.5) is 0 Å². The van der Waals surface area contributed by atoms with Crippen LogP contribution in [0, 0.1) is 0 Å². The van der Waals surface area contributed by atoms with E-state index in [4.69, 9.17) is 5.21 Å². The molecule has 3 aromatic rings. The highest BCUT2D eigenvalue weighted by Gasteiger charge is 2.36. The minimum atomic E-state index is -0.519. The van der Waals surface area contributed by atoms with Gasteiger partial charge in [-0.05, 0) is 34.9 Å². The summed E-state index contributed by atoms with van der Waals surface area (Å²) in [5, 5.41) is 8.92. The average Bonchev–Trinajstić information content (AvgIpc) is 3.18. The van der Waals surface area contributed by atoms with E-state index in [9.17, 15) is 9.59 Å². The van der Waals surface area contributed by atoms with Crippen molar-refractivity contribution in [3.05, 3.63) is 81.5 Å². The molecule has 2 N–H and O–H groups in total. The predicted octanol–water partition coefficient (Wildman–Crippen LogP) is 4.47. The Bertz CT molecular complexity index is 1060. The minimum Gasteiger partial charge on any atom is -0.333 e. The molecule has 4 rings (SSSR count). The van der Waals surface area contributed by atoms with Gasteiger partial charge in [-0.3, -0.25) is 14.8 Å². The maximum absolute atomic E-state index is 13.2. The van der Waals surface area contributed by atoms with Crippen molar-refractivity contribution < 1.29 is 14.8 Å². The summed E-state index contributed by atoms with van der Waals surface area (Å²) >= 11 is 1.37. The first-order valence-corrected chi connectivity index (χ1v) is 10.2. The highest BCUT2D eigenvalue weighted by atomic mass is 32.1. The molecule has 0 atom stereocenters. The number of carbonyl (C=O) groups is 2. The Hall–Kier alpha value is -2.96. The van der Waals surface area contributed by atoms with Crippen LogP contribution in [0.3, 0.4) is 0 Å². The van der Waals surface area contributed by atoms with Crippen LogP contribution >= 0.6 is 11.3 Å². The number of carbonyl (C=O) groups excluding carboxylic acids is 2. The van der Waals surface area contributed by atoms with Crippen LogP contribution in [0.15, 0.2) is 60.7 Å². The summed E-state index contributed by atoms with van der Waals surface area (Å²) in [4.78, 5) is 28.3. The van der Waals surface area contributed by atoms with Crippen LogP contribution in [0.2, 0.25) is 0 Å². The van der Waals surface area contributed by atoms with Crippen molar-refractivity contribution in [2.24, 2.45) is 0 Å². The van der Waals surface area contributed by atoms with E-state index in [0.29, 0.717) is 23.5 Å². The standard InChI is InChI=1S/C23H22N2O3S/c1-23(2)14-25(13-18-12-19(21(26)24-28)29-20(18)23)22(27)17-10-8-16(9-11-17)15-6-4-3-5-7-15/h3-12,28H,13-14H2,1-2H3,(H,24,26). The molecule has 1 aromatic heterocycles. The molecule has 0 bridgehead atoms. The maximum Gasteiger partial charge on any atom is 0.284 e. The zero-order valence-corrected chi connectivity index (χ0v) is 17.1. The Kier molecular flexibility index (Phi) is 4.98. The van der Waals surface area contributed by atoms with Gasteiger partial charge in [-0.25, -0.2) is 5.48 Å². The number of amides is 2. The highest BCUT2D eigenvalue weighted by Crippen LogP contribution is 2.39. The van der Waals surface area contributed by atoms with E-state index in [0.717, 1.165) is 21.6 Å². The summed E-state index contributed by atoms with van der Waals surface area (Å²) in [6.07, 6.45) is 0. The third kappa shape index (κ3) is 3.69. The van der Waals surface area contributed by atoms with Crippen molar-refractivity contribution in [3.8, 4) is 11.1 Å². The van der Waals surface area contributed by atoms with E-state index in [2.05, 4.69) is 13.8 Å². The zero-order valence-electron chi connectivity index (χ0n) is 16.3. The van der Waals surface area contributed by atoms with Gasteiger partial charge in [-0.15, -0.1) is 11.3 Å².